The number of furan rings is 1. The van der Waals surface area contributed by atoms with Crippen LogP contribution < -0.4 is 5.32 Å². The summed E-state index contributed by atoms with van der Waals surface area (Å²) < 4.78 is 30.0. The van der Waals surface area contributed by atoms with E-state index in [0.29, 0.717) is 4.21 Å². The van der Waals surface area contributed by atoms with Gasteiger partial charge in [0.1, 0.15) is 9.97 Å². The van der Waals surface area contributed by atoms with E-state index in [1.807, 2.05) is 6.07 Å². The van der Waals surface area contributed by atoms with Gasteiger partial charge in [0.2, 0.25) is 0 Å². The number of aliphatic hydroxyl groups excluding tert-OH is 1. The summed E-state index contributed by atoms with van der Waals surface area (Å²) in [6.07, 6.45) is 3.70. The highest BCUT2D eigenvalue weighted by molar-refractivity contribution is 7.93. The first-order valence-corrected chi connectivity index (χ1v) is 9.83. The van der Waals surface area contributed by atoms with E-state index in [2.05, 4.69) is 5.32 Å². The van der Waals surface area contributed by atoms with Crippen molar-refractivity contribution < 1.29 is 17.9 Å². The monoisotopic (exact) mass is 341 g/mol. The summed E-state index contributed by atoms with van der Waals surface area (Å²) in [6, 6.07) is 5.34. The van der Waals surface area contributed by atoms with E-state index >= 15 is 0 Å². The van der Waals surface area contributed by atoms with Crippen LogP contribution >= 0.6 is 11.3 Å². The second kappa shape index (κ2) is 6.54. The van der Waals surface area contributed by atoms with Crippen molar-refractivity contribution in [3.63, 3.8) is 0 Å². The van der Waals surface area contributed by atoms with E-state index in [1.54, 1.807) is 23.8 Å². The fourth-order valence-electron chi connectivity index (χ4n) is 2.81. The molecule has 120 valence electrons. The van der Waals surface area contributed by atoms with Crippen molar-refractivity contribution in [3.05, 3.63) is 41.2 Å². The lowest BCUT2D eigenvalue weighted by atomic mass is 9.93. The van der Waals surface area contributed by atoms with Crippen molar-refractivity contribution in [2.75, 3.05) is 12.3 Å². The van der Waals surface area contributed by atoms with Crippen LogP contribution in [0.3, 0.4) is 0 Å². The van der Waals surface area contributed by atoms with Gasteiger partial charge in [-0.1, -0.05) is 6.07 Å². The SMILES string of the molecule is O=S(=O)(CC(O)CNC1CCCc2occc21)c1cccs1. The first-order chi connectivity index (χ1) is 10.6. The lowest BCUT2D eigenvalue weighted by Crippen LogP contribution is -2.35. The Morgan fingerprint density at radius 2 is 2.32 bits per heavy atom. The highest BCUT2D eigenvalue weighted by Gasteiger charge is 2.25. The molecule has 2 aromatic heterocycles. The van der Waals surface area contributed by atoms with Crippen LogP contribution in [0.2, 0.25) is 0 Å². The normalized spacial score (nSPS) is 19.8. The molecule has 0 aromatic carbocycles. The van der Waals surface area contributed by atoms with Gasteiger partial charge in [-0.3, -0.25) is 0 Å². The van der Waals surface area contributed by atoms with Gasteiger partial charge in [-0.25, -0.2) is 8.42 Å². The number of fused-ring (bicyclic) bond motifs is 1. The van der Waals surface area contributed by atoms with E-state index in [4.69, 9.17) is 4.42 Å². The molecule has 0 amide bonds. The topological polar surface area (TPSA) is 79.5 Å². The van der Waals surface area contributed by atoms with Crippen LogP contribution in [0.4, 0.5) is 0 Å². The summed E-state index contributed by atoms with van der Waals surface area (Å²) in [5.41, 5.74) is 1.12. The molecular weight excluding hydrogens is 322 g/mol. The standard InChI is InChI=1S/C15H19NO4S2/c17-11(10-22(18,19)15-5-2-8-21-15)9-16-13-3-1-4-14-12(13)6-7-20-14/h2,5-8,11,13,16-17H,1,3-4,9-10H2. The summed E-state index contributed by atoms with van der Waals surface area (Å²) >= 11 is 1.18. The van der Waals surface area contributed by atoms with Crippen LogP contribution in [0.25, 0.3) is 0 Å². The van der Waals surface area contributed by atoms with E-state index in [-0.39, 0.29) is 18.3 Å². The second-order valence-corrected chi connectivity index (χ2v) is 8.73. The van der Waals surface area contributed by atoms with Crippen molar-refractivity contribution in [3.8, 4) is 0 Å². The summed E-state index contributed by atoms with van der Waals surface area (Å²) in [4.78, 5) is 0. The van der Waals surface area contributed by atoms with Crippen LogP contribution in [-0.4, -0.2) is 31.9 Å². The predicted octanol–water partition coefficient (Wildman–Crippen LogP) is 2.14. The van der Waals surface area contributed by atoms with Gasteiger partial charge in [-0.2, -0.15) is 0 Å². The third kappa shape index (κ3) is 3.43. The highest BCUT2D eigenvalue weighted by atomic mass is 32.2. The van der Waals surface area contributed by atoms with Gasteiger partial charge in [0, 0.05) is 24.6 Å². The molecule has 0 bridgehead atoms. The largest absolute Gasteiger partial charge is 0.469 e. The molecule has 5 nitrogen and oxygen atoms in total. The molecule has 2 atom stereocenters. The minimum Gasteiger partial charge on any atom is -0.469 e. The summed E-state index contributed by atoms with van der Waals surface area (Å²) in [5.74, 6) is 0.732. The highest BCUT2D eigenvalue weighted by Crippen LogP contribution is 2.30. The average molecular weight is 341 g/mol. The molecule has 0 radical (unpaired) electrons. The molecule has 3 rings (SSSR count). The average Bonchev–Trinajstić information content (AvgIpc) is 3.15. The van der Waals surface area contributed by atoms with Gasteiger partial charge in [-0.05, 0) is 30.4 Å². The first kappa shape index (κ1) is 15.7. The van der Waals surface area contributed by atoms with Crippen molar-refractivity contribution >= 4 is 21.2 Å². The Labute approximate surface area is 133 Å². The van der Waals surface area contributed by atoms with E-state index < -0.39 is 15.9 Å². The van der Waals surface area contributed by atoms with Crippen LogP contribution in [0.1, 0.15) is 30.2 Å². The molecule has 0 aliphatic heterocycles. The molecule has 1 aliphatic rings. The zero-order valence-electron chi connectivity index (χ0n) is 12.1. The maximum Gasteiger partial charge on any atom is 0.190 e. The molecule has 7 heteroatoms. The van der Waals surface area contributed by atoms with E-state index in [0.717, 1.165) is 30.6 Å². The van der Waals surface area contributed by atoms with Crippen molar-refractivity contribution in [1.29, 1.82) is 0 Å². The fraction of sp³-hybridized carbons (Fsp3) is 0.467. The number of nitrogens with one attached hydrogen (secondary N) is 1. The number of aliphatic hydroxyl groups is 1. The summed E-state index contributed by atoms with van der Waals surface area (Å²) in [5, 5.41) is 15.0. The number of sulfone groups is 1. The Morgan fingerprint density at radius 3 is 3.09 bits per heavy atom. The second-order valence-electron chi connectivity index (χ2n) is 5.52. The van der Waals surface area contributed by atoms with Crippen LogP contribution in [0, 0.1) is 0 Å². The number of aryl methyl sites for hydroxylation is 1. The third-order valence-corrected chi connectivity index (χ3v) is 7.15. The van der Waals surface area contributed by atoms with Crippen LogP contribution in [0.5, 0.6) is 0 Å². The van der Waals surface area contributed by atoms with Crippen molar-refractivity contribution in [1.82, 2.24) is 5.32 Å². The quantitative estimate of drug-likeness (QED) is 0.841. The van der Waals surface area contributed by atoms with Crippen LogP contribution in [0.15, 0.2) is 38.5 Å². The Hall–Kier alpha value is -1.15. The molecule has 1 aliphatic carbocycles. The number of hydrogen-bond acceptors (Lipinski definition) is 6. The molecule has 0 fully saturated rings. The van der Waals surface area contributed by atoms with Crippen molar-refractivity contribution in [2.45, 2.75) is 35.6 Å². The molecule has 22 heavy (non-hydrogen) atoms. The van der Waals surface area contributed by atoms with Gasteiger partial charge in [0.25, 0.3) is 0 Å². The van der Waals surface area contributed by atoms with E-state index in [9.17, 15) is 13.5 Å². The number of hydrogen-bond donors (Lipinski definition) is 2. The van der Waals surface area contributed by atoms with Gasteiger partial charge in [0.05, 0.1) is 18.1 Å². The van der Waals surface area contributed by atoms with Gasteiger partial charge in [-0.15, -0.1) is 11.3 Å². The number of thiophene rings is 1. The van der Waals surface area contributed by atoms with E-state index in [1.165, 1.54) is 11.3 Å². The fourth-order valence-corrected chi connectivity index (χ4v) is 5.29. The van der Waals surface area contributed by atoms with Gasteiger partial charge < -0.3 is 14.8 Å². The molecular formula is C15H19NO4S2. The molecule has 0 saturated heterocycles. The predicted molar refractivity (Wildman–Crippen MR) is 84.8 cm³/mol. The molecule has 2 N–H and O–H groups in total. The Kier molecular flexibility index (Phi) is 4.67. The van der Waals surface area contributed by atoms with Gasteiger partial charge in [0.15, 0.2) is 9.84 Å². The molecule has 2 unspecified atom stereocenters. The maximum absolute atomic E-state index is 12.1. The Bertz CT molecular complexity index is 706. The molecule has 2 aromatic rings. The lowest BCUT2D eigenvalue weighted by molar-refractivity contribution is 0.186. The third-order valence-electron chi connectivity index (χ3n) is 3.87. The molecule has 0 spiro atoms. The number of rotatable bonds is 6. The summed E-state index contributed by atoms with van der Waals surface area (Å²) in [7, 11) is -3.41. The lowest BCUT2D eigenvalue weighted by Gasteiger charge is -2.24. The minimum absolute atomic E-state index is 0.126. The van der Waals surface area contributed by atoms with Crippen molar-refractivity contribution in [2.24, 2.45) is 0 Å². The minimum atomic E-state index is -3.41. The first-order valence-electron chi connectivity index (χ1n) is 7.30. The van der Waals surface area contributed by atoms with Crippen LogP contribution in [-0.2, 0) is 16.3 Å². The Balaban J connectivity index is 1.57. The van der Waals surface area contributed by atoms with Gasteiger partial charge >= 0.3 is 0 Å². The molecule has 0 saturated carbocycles. The molecule has 2 heterocycles. The zero-order chi connectivity index (χ0) is 15.6. The maximum atomic E-state index is 12.1. The zero-order valence-corrected chi connectivity index (χ0v) is 13.7. The smallest absolute Gasteiger partial charge is 0.190 e. The summed E-state index contributed by atoms with van der Waals surface area (Å²) in [6.45, 7) is 0.250. The Morgan fingerprint density at radius 1 is 1.45 bits per heavy atom.